The van der Waals surface area contributed by atoms with E-state index in [1.807, 2.05) is 0 Å². The molecule has 4 rings (SSSR count). The second kappa shape index (κ2) is 14.0. The van der Waals surface area contributed by atoms with Crippen LogP contribution < -0.4 is 4.90 Å². The molecule has 0 saturated heterocycles. The van der Waals surface area contributed by atoms with E-state index in [-0.39, 0.29) is 0 Å². The van der Waals surface area contributed by atoms with E-state index < -0.39 is 0 Å². The zero-order chi connectivity index (χ0) is 25.0. The summed E-state index contributed by atoms with van der Waals surface area (Å²) in [6, 6.07) is 28.9. The summed E-state index contributed by atoms with van der Waals surface area (Å²) < 4.78 is 5.86. The molecule has 2 nitrogen and oxygen atoms in total. The van der Waals surface area contributed by atoms with Crippen LogP contribution in [-0.2, 0) is 17.6 Å². The molecule has 0 aliphatic rings. The van der Waals surface area contributed by atoms with Gasteiger partial charge in [0.2, 0.25) is 0 Å². The molecule has 0 saturated carbocycles. The first-order valence-electron chi connectivity index (χ1n) is 14.0. The van der Waals surface area contributed by atoms with E-state index in [0.717, 1.165) is 19.6 Å². The lowest BCUT2D eigenvalue weighted by Crippen LogP contribution is -2.08. The minimum absolute atomic E-state index is 0.827. The van der Waals surface area contributed by atoms with E-state index in [1.165, 1.54) is 96.1 Å². The predicted octanol–water partition coefficient (Wildman–Crippen LogP) is 8.98. The van der Waals surface area contributed by atoms with Gasteiger partial charge in [-0.25, -0.2) is 0 Å². The Morgan fingerprint density at radius 1 is 0.556 bits per heavy atom. The summed E-state index contributed by atoms with van der Waals surface area (Å²) in [5, 5.41) is 5.57. The number of ether oxygens (including phenoxy) is 1. The quantitative estimate of drug-likeness (QED) is 0.124. The van der Waals surface area contributed by atoms with Gasteiger partial charge in [-0.1, -0.05) is 105 Å². The maximum Gasteiger partial charge on any atom is 0.0506 e. The molecule has 0 amide bonds. The number of unbranched alkanes of at least 4 members (excludes halogenated alkanes) is 7. The SMILES string of the molecule is CN(C)c1ccc(CCOCCCCCCCCCCc2cc3ccccc3c3ccccc23)cc1. The molecule has 4 aromatic carbocycles. The Morgan fingerprint density at radius 3 is 1.89 bits per heavy atom. The number of hydrogen-bond acceptors (Lipinski definition) is 2. The highest BCUT2D eigenvalue weighted by molar-refractivity contribution is 6.08. The molecular weight excluding hydrogens is 438 g/mol. The van der Waals surface area contributed by atoms with Crippen LogP contribution in [0.5, 0.6) is 0 Å². The highest BCUT2D eigenvalue weighted by atomic mass is 16.5. The second-order valence-corrected chi connectivity index (χ2v) is 10.3. The maximum atomic E-state index is 5.86. The molecular formula is C34H43NO. The van der Waals surface area contributed by atoms with Gasteiger partial charge in [0.15, 0.2) is 0 Å². The molecule has 0 aliphatic carbocycles. The smallest absolute Gasteiger partial charge is 0.0506 e. The van der Waals surface area contributed by atoms with Crippen LogP contribution in [0.1, 0.15) is 62.5 Å². The summed E-state index contributed by atoms with van der Waals surface area (Å²) in [4.78, 5) is 2.13. The first kappa shape index (κ1) is 26.2. The van der Waals surface area contributed by atoms with Crippen molar-refractivity contribution in [2.24, 2.45) is 0 Å². The number of nitrogens with zero attached hydrogens (tertiary/aromatic N) is 1. The monoisotopic (exact) mass is 481 g/mol. The molecule has 0 bridgehead atoms. The second-order valence-electron chi connectivity index (χ2n) is 10.3. The van der Waals surface area contributed by atoms with Crippen LogP contribution >= 0.6 is 0 Å². The van der Waals surface area contributed by atoms with Crippen LogP contribution in [0.4, 0.5) is 5.69 Å². The molecule has 0 aromatic heterocycles. The van der Waals surface area contributed by atoms with E-state index >= 15 is 0 Å². The number of hydrogen-bond donors (Lipinski definition) is 0. The molecule has 190 valence electrons. The van der Waals surface area contributed by atoms with Crippen LogP contribution in [0.2, 0.25) is 0 Å². The molecule has 0 unspecified atom stereocenters. The lowest BCUT2D eigenvalue weighted by Gasteiger charge is -2.12. The van der Waals surface area contributed by atoms with Crippen molar-refractivity contribution < 1.29 is 4.74 Å². The number of fused-ring (bicyclic) bond motifs is 3. The normalized spacial score (nSPS) is 11.4. The fraction of sp³-hybridized carbons (Fsp3) is 0.412. The molecule has 0 fully saturated rings. The van der Waals surface area contributed by atoms with Crippen molar-refractivity contribution in [2.75, 3.05) is 32.2 Å². The van der Waals surface area contributed by atoms with Gasteiger partial charge in [0.05, 0.1) is 6.61 Å². The first-order valence-corrected chi connectivity index (χ1v) is 14.0. The van der Waals surface area contributed by atoms with Gasteiger partial charge in [0, 0.05) is 26.4 Å². The third kappa shape index (κ3) is 7.58. The Hall–Kier alpha value is -2.84. The van der Waals surface area contributed by atoms with Crippen molar-refractivity contribution in [2.45, 2.75) is 64.2 Å². The van der Waals surface area contributed by atoms with Gasteiger partial charge >= 0.3 is 0 Å². The van der Waals surface area contributed by atoms with Crippen LogP contribution in [0.3, 0.4) is 0 Å². The summed E-state index contributed by atoms with van der Waals surface area (Å²) in [5.74, 6) is 0. The fourth-order valence-corrected chi connectivity index (χ4v) is 5.17. The van der Waals surface area contributed by atoms with E-state index in [9.17, 15) is 0 Å². The molecule has 4 aromatic rings. The first-order chi connectivity index (χ1) is 17.7. The zero-order valence-electron chi connectivity index (χ0n) is 22.3. The van der Waals surface area contributed by atoms with Crippen molar-refractivity contribution in [1.82, 2.24) is 0 Å². The van der Waals surface area contributed by atoms with E-state index in [2.05, 4.69) is 97.9 Å². The molecule has 0 aliphatic heterocycles. The Morgan fingerprint density at radius 2 is 1.17 bits per heavy atom. The molecule has 0 radical (unpaired) electrons. The third-order valence-electron chi connectivity index (χ3n) is 7.33. The van der Waals surface area contributed by atoms with Gasteiger partial charge in [0.1, 0.15) is 0 Å². The summed E-state index contributed by atoms with van der Waals surface area (Å²) in [7, 11) is 4.15. The molecule has 0 atom stereocenters. The topological polar surface area (TPSA) is 12.5 Å². The van der Waals surface area contributed by atoms with Crippen molar-refractivity contribution >= 4 is 27.2 Å². The van der Waals surface area contributed by atoms with Crippen LogP contribution in [0, 0.1) is 0 Å². The number of aryl methyl sites for hydroxylation is 1. The van der Waals surface area contributed by atoms with Crippen molar-refractivity contribution in [1.29, 1.82) is 0 Å². The van der Waals surface area contributed by atoms with Gasteiger partial charge in [-0.2, -0.15) is 0 Å². The Kier molecular flexibility index (Phi) is 10.2. The van der Waals surface area contributed by atoms with Crippen LogP contribution in [-0.4, -0.2) is 27.3 Å². The number of benzene rings is 4. The third-order valence-corrected chi connectivity index (χ3v) is 7.33. The lowest BCUT2D eigenvalue weighted by molar-refractivity contribution is 0.133. The van der Waals surface area contributed by atoms with Gasteiger partial charge in [-0.3, -0.25) is 0 Å². The van der Waals surface area contributed by atoms with Crippen molar-refractivity contribution in [3.63, 3.8) is 0 Å². The van der Waals surface area contributed by atoms with Gasteiger partial charge < -0.3 is 9.64 Å². The van der Waals surface area contributed by atoms with Crippen LogP contribution in [0.25, 0.3) is 21.5 Å². The minimum Gasteiger partial charge on any atom is -0.381 e. The summed E-state index contributed by atoms with van der Waals surface area (Å²) in [6.07, 6.45) is 12.7. The average Bonchev–Trinajstić information content (AvgIpc) is 2.91. The summed E-state index contributed by atoms with van der Waals surface area (Å²) in [5.41, 5.74) is 4.11. The standard InChI is InChI=1S/C34H43NO/c1-35(2)31-22-20-28(21-23-31)24-26-36-25-14-8-6-4-3-5-7-9-15-29-27-30-16-10-11-17-32(30)34-19-13-12-18-33(29)34/h10-13,16-23,27H,3-9,14-15,24-26H2,1-2H3. The van der Waals surface area contributed by atoms with Gasteiger partial charge in [-0.05, 0) is 70.5 Å². The van der Waals surface area contributed by atoms with Crippen molar-refractivity contribution in [3.8, 4) is 0 Å². The summed E-state index contributed by atoms with van der Waals surface area (Å²) in [6.45, 7) is 1.73. The van der Waals surface area contributed by atoms with Crippen molar-refractivity contribution in [3.05, 3.63) is 90.0 Å². The van der Waals surface area contributed by atoms with E-state index in [4.69, 9.17) is 4.74 Å². The average molecular weight is 482 g/mol. The summed E-state index contributed by atoms with van der Waals surface area (Å²) >= 11 is 0. The van der Waals surface area contributed by atoms with E-state index in [0.29, 0.717) is 0 Å². The number of rotatable bonds is 15. The highest BCUT2D eigenvalue weighted by Crippen LogP contribution is 2.29. The zero-order valence-corrected chi connectivity index (χ0v) is 22.3. The van der Waals surface area contributed by atoms with E-state index in [1.54, 1.807) is 0 Å². The van der Waals surface area contributed by atoms with Gasteiger partial charge in [0.25, 0.3) is 0 Å². The predicted molar refractivity (Wildman–Crippen MR) is 157 cm³/mol. The Labute approximate surface area is 218 Å². The molecule has 2 heteroatoms. The number of anilines is 1. The Balaban J connectivity index is 1.03. The highest BCUT2D eigenvalue weighted by Gasteiger charge is 2.06. The minimum atomic E-state index is 0.827. The maximum absolute atomic E-state index is 5.86. The molecule has 0 heterocycles. The lowest BCUT2D eigenvalue weighted by atomic mass is 9.94. The van der Waals surface area contributed by atoms with Crippen LogP contribution in [0.15, 0.2) is 78.9 Å². The fourth-order valence-electron chi connectivity index (χ4n) is 5.17. The largest absolute Gasteiger partial charge is 0.381 e. The molecule has 36 heavy (non-hydrogen) atoms. The molecule has 0 N–H and O–H groups in total. The van der Waals surface area contributed by atoms with Gasteiger partial charge in [-0.15, -0.1) is 0 Å². The Bertz CT molecular complexity index is 1190. The molecule has 0 spiro atoms.